The van der Waals surface area contributed by atoms with E-state index < -0.39 is 10.0 Å². The molecular formula is C20H27NO4S. The van der Waals surface area contributed by atoms with Gasteiger partial charge in [0, 0.05) is 6.54 Å². The molecule has 0 heterocycles. The van der Waals surface area contributed by atoms with Crippen LogP contribution in [0, 0.1) is 0 Å². The first-order valence-electron chi connectivity index (χ1n) is 8.71. The summed E-state index contributed by atoms with van der Waals surface area (Å²) in [6, 6.07) is 12.7. The maximum absolute atomic E-state index is 12.4. The highest BCUT2D eigenvalue weighted by Crippen LogP contribution is 2.27. The van der Waals surface area contributed by atoms with Crippen molar-refractivity contribution in [1.29, 1.82) is 0 Å². The fourth-order valence-electron chi connectivity index (χ4n) is 2.66. The molecule has 1 N–H and O–H groups in total. The van der Waals surface area contributed by atoms with Crippen molar-refractivity contribution in [3.63, 3.8) is 0 Å². The van der Waals surface area contributed by atoms with Gasteiger partial charge in [0.05, 0.1) is 19.1 Å². The van der Waals surface area contributed by atoms with E-state index in [2.05, 4.69) is 18.6 Å². The van der Waals surface area contributed by atoms with Gasteiger partial charge in [0.15, 0.2) is 11.5 Å². The smallest absolute Gasteiger partial charge is 0.240 e. The van der Waals surface area contributed by atoms with Gasteiger partial charge in [0.1, 0.15) is 0 Å². The summed E-state index contributed by atoms with van der Waals surface area (Å²) >= 11 is 0. The molecule has 142 valence electrons. The molecule has 6 heteroatoms. The predicted octanol–water partition coefficient (Wildman–Crippen LogP) is 3.74. The molecule has 0 aliphatic rings. The molecular weight excluding hydrogens is 350 g/mol. The van der Waals surface area contributed by atoms with E-state index in [-0.39, 0.29) is 4.90 Å². The first kappa shape index (κ1) is 20.3. The van der Waals surface area contributed by atoms with Crippen LogP contribution < -0.4 is 14.2 Å². The second-order valence-corrected chi connectivity index (χ2v) is 7.98. The summed E-state index contributed by atoms with van der Waals surface area (Å²) < 4.78 is 38.0. The summed E-state index contributed by atoms with van der Waals surface area (Å²) in [5.74, 6) is 1.71. The first-order chi connectivity index (χ1) is 12.4. The Morgan fingerprint density at radius 2 is 1.65 bits per heavy atom. The van der Waals surface area contributed by atoms with Crippen LogP contribution in [0.5, 0.6) is 11.5 Å². The molecule has 0 aromatic heterocycles. The van der Waals surface area contributed by atoms with E-state index in [4.69, 9.17) is 9.47 Å². The van der Waals surface area contributed by atoms with E-state index in [1.54, 1.807) is 26.4 Å². The average Bonchev–Trinajstić information content (AvgIpc) is 2.67. The van der Waals surface area contributed by atoms with Gasteiger partial charge in [-0.05, 0) is 54.2 Å². The van der Waals surface area contributed by atoms with Gasteiger partial charge in [-0.1, -0.05) is 32.0 Å². The van der Waals surface area contributed by atoms with Gasteiger partial charge in [-0.25, -0.2) is 13.1 Å². The quantitative estimate of drug-likeness (QED) is 0.723. The van der Waals surface area contributed by atoms with Gasteiger partial charge in [-0.3, -0.25) is 0 Å². The summed E-state index contributed by atoms with van der Waals surface area (Å²) in [4.78, 5) is 0.289. The van der Waals surface area contributed by atoms with Crippen molar-refractivity contribution in [3.8, 4) is 11.5 Å². The summed E-state index contributed by atoms with van der Waals surface area (Å²) in [5.41, 5.74) is 2.12. The minimum Gasteiger partial charge on any atom is -0.493 e. The molecule has 0 fully saturated rings. The van der Waals surface area contributed by atoms with Gasteiger partial charge < -0.3 is 9.47 Å². The molecule has 2 aromatic carbocycles. The highest BCUT2D eigenvalue weighted by molar-refractivity contribution is 7.89. The minimum absolute atomic E-state index is 0.289. The van der Waals surface area contributed by atoms with Crippen molar-refractivity contribution in [2.24, 2.45) is 0 Å². The lowest BCUT2D eigenvalue weighted by atomic mass is 9.99. The standard InChI is InChI=1S/C20H27NO4S/c1-5-15(2)17-7-9-18(10-8-17)26(22,23)21-13-12-16-6-11-19(24-3)20(14-16)25-4/h6-11,14-15,21H,5,12-13H2,1-4H3/t15-/m1/s1. The van der Waals surface area contributed by atoms with Crippen LogP contribution in [0.25, 0.3) is 0 Å². The van der Waals surface area contributed by atoms with Crippen molar-refractivity contribution in [2.45, 2.75) is 37.5 Å². The zero-order chi connectivity index (χ0) is 19.2. The SMILES string of the molecule is CC[C@@H](C)c1ccc(S(=O)(=O)NCCc2ccc(OC)c(OC)c2)cc1. The fraction of sp³-hybridized carbons (Fsp3) is 0.400. The number of hydrogen-bond acceptors (Lipinski definition) is 4. The van der Waals surface area contributed by atoms with E-state index >= 15 is 0 Å². The Hall–Kier alpha value is -2.05. The minimum atomic E-state index is -3.51. The third kappa shape index (κ3) is 4.99. The molecule has 0 amide bonds. The lowest BCUT2D eigenvalue weighted by Gasteiger charge is -2.12. The Balaban J connectivity index is 2.00. The topological polar surface area (TPSA) is 64.6 Å². The van der Waals surface area contributed by atoms with Crippen molar-refractivity contribution in [2.75, 3.05) is 20.8 Å². The second kappa shape index (κ2) is 9.05. The second-order valence-electron chi connectivity index (χ2n) is 6.22. The van der Waals surface area contributed by atoms with Gasteiger partial charge in [-0.2, -0.15) is 0 Å². The molecule has 0 aliphatic heterocycles. The zero-order valence-electron chi connectivity index (χ0n) is 15.8. The molecule has 0 radical (unpaired) electrons. The van der Waals surface area contributed by atoms with Gasteiger partial charge in [0.25, 0.3) is 0 Å². The van der Waals surface area contributed by atoms with Crippen molar-refractivity contribution in [3.05, 3.63) is 53.6 Å². The van der Waals surface area contributed by atoms with Gasteiger partial charge in [0.2, 0.25) is 10.0 Å². The lowest BCUT2D eigenvalue weighted by molar-refractivity contribution is 0.354. The van der Waals surface area contributed by atoms with E-state index in [0.29, 0.717) is 30.4 Å². The molecule has 26 heavy (non-hydrogen) atoms. The predicted molar refractivity (Wildman–Crippen MR) is 104 cm³/mol. The largest absolute Gasteiger partial charge is 0.493 e. The van der Waals surface area contributed by atoms with Gasteiger partial charge >= 0.3 is 0 Å². The highest BCUT2D eigenvalue weighted by Gasteiger charge is 2.14. The normalized spacial score (nSPS) is 12.6. The maximum Gasteiger partial charge on any atom is 0.240 e. The number of nitrogens with one attached hydrogen (secondary N) is 1. The van der Waals surface area contributed by atoms with Crippen LogP contribution in [0.15, 0.2) is 47.4 Å². The number of hydrogen-bond donors (Lipinski definition) is 1. The van der Waals surface area contributed by atoms with Crippen LogP contribution >= 0.6 is 0 Å². The van der Waals surface area contributed by atoms with Crippen LogP contribution in [0.1, 0.15) is 37.3 Å². The molecule has 5 nitrogen and oxygen atoms in total. The summed E-state index contributed by atoms with van der Waals surface area (Å²) in [5, 5.41) is 0. The third-order valence-electron chi connectivity index (χ3n) is 4.53. The molecule has 0 unspecified atom stereocenters. The van der Waals surface area contributed by atoms with E-state index in [9.17, 15) is 8.42 Å². The first-order valence-corrected chi connectivity index (χ1v) is 10.2. The number of sulfonamides is 1. The summed E-state index contributed by atoms with van der Waals surface area (Å²) in [7, 11) is -0.356. The molecule has 2 rings (SSSR count). The van der Waals surface area contributed by atoms with Gasteiger partial charge in [-0.15, -0.1) is 0 Å². The van der Waals surface area contributed by atoms with Crippen LogP contribution in [0.4, 0.5) is 0 Å². The average molecular weight is 378 g/mol. The zero-order valence-corrected chi connectivity index (χ0v) is 16.6. The van der Waals surface area contributed by atoms with E-state index in [1.807, 2.05) is 30.3 Å². The van der Waals surface area contributed by atoms with Crippen LogP contribution in [0.3, 0.4) is 0 Å². The Morgan fingerprint density at radius 1 is 1.00 bits per heavy atom. The fourth-order valence-corrected chi connectivity index (χ4v) is 3.69. The Kier molecular flexibility index (Phi) is 7.06. The summed E-state index contributed by atoms with van der Waals surface area (Å²) in [6.45, 7) is 4.56. The number of ether oxygens (including phenoxy) is 2. The molecule has 1 atom stereocenters. The molecule has 0 aliphatic carbocycles. The van der Waals surface area contributed by atoms with E-state index in [1.165, 1.54) is 0 Å². The number of rotatable bonds is 9. The molecule has 0 saturated carbocycles. The Labute approximate surface area is 156 Å². The molecule has 0 saturated heterocycles. The van der Waals surface area contributed by atoms with Crippen molar-refractivity contribution in [1.82, 2.24) is 4.72 Å². The maximum atomic E-state index is 12.4. The number of methoxy groups -OCH3 is 2. The molecule has 0 bridgehead atoms. The number of benzene rings is 2. The summed E-state index contributed by atoms with van der Waals surface area (Å²) in [6.07, 6.45) is 1.58. The third-order valence-corrected chi connectivity index (χ3v) is 6.00. The lowest BCUT2D eigenvalue weighted by Crippen LogP contribution is -2.26. The van der Waals surface area contributed by atoms with E-state index in [0.717, 1.165) is 17.5 Å². The molecule has 2 aromatic rings. The van der Waals surface area contributed by atoms with Crippen LogP contribution in [-0.2, 0) is 16.4 Å². The Morgan fingerprint density at radius 3 is 2.23 bits per heavy atom. The highest BCUT2D eigenvalue weighted by atomic mass is 32.2. The van der Waals surface area contributed by atoms with Crippen LogP contribution in [0.2, 0.25) is 0 Å². The van der Waals surface area contributed by atoms with Crippen molar-refractivity contribution < 1.29 is 17.9 Å². The van der Waals surface area contributed by atoms with Crippen molar-refractivity contribution >= 4 is 10.0 Å². The monoisotopic (exact) mass is 377 g/mol. The Bertz CT molecular complexity index is 816. The molecule has 0 spiro atoms. The van der Waals surface area contributed by atoms with Crippen LogP contribution in [-0.4, -0.2) is 29.2 Å².